The van der Waals surface area contributed by atoms with Gasteiger partial charge in [0.15, 0.2) is 5.43 Å². The number of halogens is 2. The van der Waals surface area contributed by atoms with Crippen LogP contribution in [0.15, 0.2) is 75.9 Å². The van der Waals surface area contributed by atoms with Crippen molar-refractivity contribution in [1.82, 2.24) is 4.90 Å². The molecule has 5 rings (SSSR count). The van der Waals surface area contributed by atoms with E-state index in [1.165, 1.54) is 12.1 Å². The zero-order chi connectivity index (χ0) is 25.4. The van der Waals surface area contributed by atoms with Gasteiger partial charge in [-0.2, -0.15) is 0 Å². The van der Waals surface area contributed by atoms with Crippen molar-refractivity contribution in [3.8, 4) is 5.75 Å². The summed E-state index contributed by atoms with van der Waals surface area (Å²) in [5.41, 5.74) is 1.70. The second-order valence-electron chi connectivity index (χ2n) is 9.38. The molecule has 7 heteroatoms. The van der Waals surface area contributed by atoms with Gasteiger partial charge in [0, 0.05) is 11.6 Å². The van der Waals surface area contributed by atoms with E-state index in [1.807, 2.05) is 24.3 Å². The summed E-state index contributed by atoms with van der Waals surface area (Å²) in [6.45, 7) is 4.99. The van der Waals surface area contributed by atoms with Crippen LogP contribution in [0.2, 0.25) is 5.02 Å². The Morgan fingerprint density at radius 1 is 1.06 bits per heavy atom. The van der Waals surface area contributed by atoms with Gasteiger partial charge in [-0.25, -0.2) is 4.39 Å². The van der Waals surface area contributed by atoms with E-state index >= 15 is 0 Å². The molecule has 2 heterocycles. The van der Waals surface area contributed by atoms with Gasteiger partial charge >= 0.3 is 0 Å². The Morgan fingerprint density at radius 2 is 1.83 bits per heavy atom. The first kappa shape index (κ1) is 24.1. The van der Waals surface area contributed by atoms with Gasteiger partial charge in [-0.05, 0) is 65.9 Å². The number of carbonyl (C=O) groups is 1. The van der Waals surface area contributed by atoms with Crippen LogP contribution in [0, 0.1) is 11.7 Å². The number of carbonyl (C=O) groups excluding carboxylic acids is 1. The van der Waals surface area contributed by atoms with Gasteiger partial charge in [-0.15, -0.1) is 0 Å². The van der Waals surface area contributed by atoms with Crippen LogP contribution in [0.5, 0.6) is 5.75 Å². The molecule has 0 saturated heterocycles. The summed E-state index contributed by atoms with van der Waals surface area (Å²) in [6, 6.07) is 17.4. The van der Waals surface area contributed by atoms with Crippen LogP contribution < -0.4 is 10.2 Å². The smallest absolute Gasteiger partial charge is 0.291 e. The molecule has 5 nitrogen and oxygen atoms in total. The lowest BCUT2D eigenvalue weighted by molar-refractivity contribution is 0.0714. The second-order valence-corrected chi connectivity index (χ2v) is 9.82. The van der Waals surface area contributed by atoms with Crippen LogP contribution in [0.25, 0.3) is 11.0 Å². The molecular weight excluding hydrogens is 481 g/mol. The number of nitrogens with zero attached hydrogens (tertiary/aromatic N) is 1. The van der Waals surface area contributed by atoms with Crippen LogP contribution >= 0.6 is 11.6 Å². The maximum absolute atomic E-state index is 13.7. The van der Waals surface area contributed by atoms with E-state index in [0.29, 0.717) is 34.3 Å². The summed E-state index contributed by atoms with van der Waals surface area (Å²) < 4.78 is 25.4. The Labute approximate surface area is 213 Å². The predicted octanol–water partition coefficient (Wildman–Crippen LogP) is 6.76. The minimum atomic E-state index is -0.703. The molecule has 0 spiro atoms. The third-order valence-electron chi connectivity index (χ3n) is 6.33. The minimum Gasteiger partial charge on any atom is -0.494 e. The zero-order valence-corrected chi connectivity index (χ0v) is 20.7. The summed E-state index contributed by atoms with van der Waals surface area (Å²) in [4.78, 5) is 28.9. The molecule has 1 amide bonds. The van der Waals surface area contributed by atoms with E-state index in [0.717, 1.165) is 17.5 Å². The van der Waals surface area contributed by atoms with E-state index in [-0.39, 0.29) is 29.1 Å². The van der Waals surface area contributed by atoms with Gasteiger partial charge < -0.3 is 14.1 Å². The minimum absolute atomic E-state index is 0.00747. The molecule has 0 N–H and O–H groups in total. The molecular formula is C29H25ClFNO4. The summed E-state index contributed by atoms with van der Waals surface area (Å²) in [7, 11) is 0. The number of amides is 1. The Kier molecular flexibility index (Phi) is 6.54. The molecule has 0 radical (unpaired) electrons. The van der Waals surface area contributed by atoms with E-state index in [4.69, 9.17) is 20.8 Å². The van der Waals surface area contributed by atoms with Gasteiger partial charge in [-0.1, -0.05) is 49.7 Å². The van der Waals surface area contributed by atoms with Crippen LogP contribution in [-0.4, -0.2) is 17.4 Å². The van der Waals surface area contributed by atoms with Crippen molar-refractivity contribution in [3.63, 3.8) is 0 Å². The maximum atomic E-state index is 13.7. The molecule has 1 unspecified atom stereocenters. The summed E-state index contributed by atoms with van der Waals surface area (Å²) in [5, 5.41) is 0.714. The standard InChI is InChI=1S/C29H25ClFNO4/c1-17(2)12-13-35-22-5-3-4-19(14-22)26-25-27(33)23-15-20(30)8-11-24(23)36-28(25)29(34)32(26)16-18-6-9-21(31)10-7-18/h3-11,14-15,17,26H,12-13,16H2,1-2H3. The van der Waals surface area contributed by atoms with Crippen LogP contribution in [0.4, 0.5) is 4.39 Å². The first-order valence-electron chi connectivity index (χ1n) is 11.9. The van der Waals surface area contributed by atoms with E-state index in [1.54, 1.807) is 35.2 Å². The average Bonchev–Trinajstić information content (AvgIpc) is 3.13. The van der Waals surface area contributed by atoms with Gasteiger partial charge in [-0.3, -0.25) is 9.59 Å². The molecule has 1 aliphatic heterocycles. The highest BCUT2D eigenvalue weighted by molar-refractivity contribution is 6.31. The molecule has 0 bridgehead atoms. The number of benzene rings is 3. The van der Waals surface area contributed by atoms with Crippen molar-refractivity contribution in [3.05, 3.63) is 110 Å². The molecule has 1 aromatic heterocycles. The monoisotopic (exact) mass is 505 g/mol. The molecule has 36 heavy (non-hydrogen) atoms. The van der Waals surface area contributed by atoms with Gasteiger partial charge in [0.25, 0.3) is 5.91 Å². The molecule has 1 aliphatic rings. The van der Waals surface area contributed by atoms with Gasteiger partial charge in [0.05, 0.1) is 23.6 Å². The highest BCUT2D eigenvalue weighted by atomic mass is 35.5. The maximum Gasteiger partial charge on any atom is 0.291 e. The Balaban J connectivity index is 1.62. The fourth-order valence-corrected chi connectivity index (χ4v) is 4.65. The fourth-order valence-electron chi connectivity index (χ4n) is 4.48. The Morgan fingerprint density at radius 3 is 2.58 bits per heavy atom. The average molecular weight is 506 g/mol. The fraction of sp³-hybridized carbons (Fsp3) is 0.241. The van der Waals surface area contributed by atoms with E-state index < -0.39 is 11.9 Å². The number of hydrogen-bond donors (Lipinski definition) is 0. The summed E-state index contributed by atoms with van der Waals surface area (Å²) >= 11 is 6.16. The molecule has 4 aromatic rings. The second kappa shape index (κ2) is 9.78. The zero-order valence-electron chi connectivity index (χ0n) is 20.0. The van der Waals surface area contributed by atoms with Crippen molar-refractivity contribution < 1.29 is 18.3 Å². The molecule has 3 aromatic carbocycles. The van der Waals surface area contributed by atoms with E-state index in [9.17, 15) is 14.0 Å². The largest absolute Gasteiger partial charge is 0.494 e. The summed E-state index contributed by atoms with van der Waals surface area (Å²) in [5.74, 6) is 0.400. The first-order chi connectivity index (χ1) is 17.3. The predicted molar refractivity (Wildman–Crippen MR) is 137 cm³/mol. The number of hydrogen-bond acceptors (Lipinski definition) is 4. The third-order valence-corrected chi connectivity index (χ3v) is 6.57. The third kappa shape index (κ3) is 4.61. The topological polar surface area (TPSA) is 59.8 Å². The van der Waals surface area contributed by atoms with E-state index in [2.05, 4.69) is 13.8 Å². The number of fused-ring (bicyclic) bond motifs is 2. The van der Waals surface area contributed by atoms with Crippen LogP contribution in [0.3, 0.4) is 0 Å². The lowest BCUT2D eigenvalue weighted by Gasteiger charge is -2.25. The molecule has 0 saturated carbocycles. The highest BCUT2D eigenvalue weighted by Crippen LogP contribution is 2.40. The van der Waals surface area contributed by atoms with Gasteiger partial charge in [0.2, 0.25) is 5.76 Å². The normalized spacial score (nSPS) is 15.1. The highest BCUT2D eigenvalue weighted by Gasteiger charge is 2.42. The van der Waals surface area contributed by atoms with Crippen LogP contribution in [-0.2, 0) is 6.54 Å². The van der Waals surface area contributed by atoms with Crippen LogP contribution in [0.1, 0.15) is 53.6 Å². The quantitative estimate of drug-likeness (QED) is 0.278. The van der Waals surface area contributed by atoms with Crippen molar-refractivity contribution >= 4 is 28.5 Å². The molecule has 0 aliphatic carbocycles. The van der Waals surface area contributed by atoms with Gasteiger partial charge in [0.1, 0.15) is 17.1 Å². The Hall–Kier alpha value is -3.64. The lowest BCUT2D eigenvalue weighted by atomic mass is 9.98. The number of rotatable bonds is 7. The van der Waals surface area contributed by atoms with Crippen molar-refractivity contribution in [1.29, 1.82) is 0 Å². The summed E-state index contributed by atoms with van der Waals surface area (Å²) in [6.07, 6.45) is 0.905. The van der Waals surface area contributed by atoms with Crippen molar-refractivity contribution in [2.45, 2.75) is 32.9 Å². The first-order valence-corrected chi connectivity index (χ1v) is 12.2. The van der Waals surface area contributed by atoms with Crippen molar-refractivity contribution in [2.75, 3.05) is 6.61 Å². The molecule has 1 atom stereocenters. The van der Waals surface area contributed by atoms with Crippen molar-refractivity contribution in [2.24, 2.45) is 5.92 Å². The lowest BCUT2D eigenvalue weighted by Crippen LogP contribution is -2.29. The SMILES string of the molecule is CC(C)CCOc1cccc(C2c3c(oc4ccc(Cl)cc4c3=O)C(=O)N2Cc2ccc(F)cc2)c1. The molecule has 184 valence electrons. The number of ether oxygens (including phenoxy) is 1. The Bertz CT molecular complexity index is 1500. The molecule has 0 fully saturated rings.